The third-order valence-electron chi connectivity index (χ3n) is 7.40. The molecule has 0 aromatic heterocycles. The van der Waals surface area contributed by atoms with Gasteiger partial charge in [-0.25, -0.2) is 4.39 Å². The molecule has 0 radical (unpaired) electrons. The van der Waals surface area contributed by atoms with Crippen molar-refractivity contribution in [1.29, 1.82) is 0 Å². The molecule has 2 aliphatic rings. The maximum atomic E-state index is 13.4. The molecule has 3 amide bonds. The maximum Gasteiger partial charge on any atom is 0.242 e. The Kier molecular flexibility index (Phi) is 11.8. The number of carbonyl (C=O) groups excluding carboxylic acids is 3. The summed E-state index contributed by atoms with van der Waals surface area (Å²) in [5, 5.41) is 30.3. The second-order valence-corrected chi connectivity index (χ2v) is 11.0. The van der Waals surface area contributed by atoms with Gasteiger partial charge < -0.3 is 30.5 Å². The highest BCUT2D eigenvalue weighted by atomic mass is 19.1. The Morgan fingerprint density at radius 3 is 2.52 bits per heavy atom. The van der Waals surface area contributed by atoms with E-state index in [-0.39, 0.29) is 32.5 Å². The summed E-state index contributed by atoms with van der Waals surface area (Å²) < 4.78 is 19.5. The molecular formula is C31H43FN4O6. The maximum absolute atomic E-state index is 13.4. The third-order valence-corrected chi connectivity index (χ3v) is 7.40. The fraction of sp³-hybridized carbons (Fsp3) is 0.516. The first kappa shape index (κ1) is 33.0. The van der Waals surface area contributed by atoms with Gasteiger partial charge in [0.2, 0.25) is 17.7 Å². The second kappa shape index (κ2) is 15.1. The van der Waals surface area contributed by atoms with Crippen molar-refractivity contribution in [3.05, 3.63) is 72.3 Å². The van der Waals surface area contributed by atoms with E-state index in [0.717, 1.165) is 0 Å². The number of nitrogens with zero attached hydrogens (tertiary/aromatic N) is 1. The van der Waals surface area contributed by atoms with Gasteiger partial charge in [0.25, 0.3) is 0 Å². The number of hydrogen-bond acceptors (Lipinski definition) is 7. The zero-order valence-electron chi connectivity index (χ0n) is 24.5. The van der Waals surface area contributed by atoms with Crippen molar-refractivity contribution in [2.45, 2.75) is 69.4 Å². The molecule has 1 aromatic rings. The number of hydrogen-bond donors (Lipinski definition) is 5. The number of ether oxygens (including phenoxy) is 1. The van der Waals surface area contributed by atoms with Crippen LogP contribution in [0.3, 0.4) is 0 Å². The average molecular weight is 587 g/mol. The first-order valence-corrected chi connectivity index (χ1v) is 14.3. The van der Waals surface area contributed by atoms with Crippen LogP contribution in [0.5, 0.6) is 0 Å². The van der Waals surface area contributed by atoms with Crippen molar-refractivity contribution in [2.75, 3.05) is 26.7 Å². The predicted molar refractivity (Wildman–Crippen MR) is 156 cm³/mol. The Hall–Kier alpha value is -3.54. The zero-order valence-corrected chi connectivity index (χ0v) is 24.5. The topological polar surface area (TPSA) is 140 Å². The number of allylic oxidation sites excluding steroid dienone is 2. The molecule has 1 heterocycles. The van der Waals surface area contributed by atoms with Crippen LogP contribution in [-0.2, 0) is 25.5 Å². The molecule has 10 nitrogen and oxygen atoms in total. The predicted octanol–water partition coefficient (Wildman–Crippen LogP) is 1.34. The van der Waals surface area contributed by atoms with Crippen LogP contribution in [0.1, 0.15) is 38.7 Å². The molecule has 3 rings (SSSR count). The molecule has 0 saturated heterocycles. The number of nitrogens with one attached hydrogen (secondary N) is 3. The normalized spacial score (nSPS) is 28.4. The highest BCUT2D eigenvalue weighted by Crippen LogP contribution is 2.39. The smallest absolute Gasteiger partial charge is 0.242 e. The molecule has 42 heavy (non-hydrogen) atoms. The highest BCUT2D eigenvalue weighted by Gasteiger charge is 2.52. The van der Waals surface area contributed by atoms with E-state index >= 15 is 0 Å². The van der Waals surface area contributed by atoms with Crippen molar-refractivity contribution in [3.8, 4) is 0 Å². The monoisotopic (exact) mass is 586 g/mol. The summed E-state index contributed by atoms with van der Waals surface area (Å²) >= 11 is 0. The fourth-order valence-corrected chi connectivity index (χ4v) is 4.78. The SMILES string of the molecule is C=CC1C=C(/C=C\C)O[C@H](C)CNC(C2(O)CC2)C(=O)N(C)CC(=O)N[C@H](Cc2ccc(F)cc2)C(=O)NCCC1O. The van der Waals surface area contributed by atoms with Crippen LogP contribution in [0.2, 0.25) is 0 Å². The van der Waals surface area contributed by atoms with E-state index in [1.807, 2.05) is 13.8 Å². The van der Waals surface area contributed by atoms with Gasteiger partial charge in [-0.05, 0) is 63.0 Å². The molecule has 0 bridgehead atoms. The highest BCUT2D eigenvalue weighted by molar-refractivity contribution is 5.91. The van der Waals surface area contributed by atoms with E-state index in [1.165, 1.54) is 36.2 Å². The van der Waals surface area contributed by atoms with Crippen LogP contribution < -0.4 is 16.0 Å². The van der Waals surface area contributed by atoms with Gasteiger partial charge in [-0.3, -0.25) is 19.7 Å². The minimum atomic E-state index is -1.23. The Morgan fingerprint density at radius 2 is 1.90 bits per heavy atom. The van der Waals surface area contributed by atoms with Gasteiger partial charge in [0.05, 0.1) is 18.2 Å². The van der Waals surface area contributed by atoms with Crippen molar-refractivity contribution < 1.29 is 33.7 Å². The lowest BCUT2D eigenvalue weighted by Crippen LogP contribution is -2.56. The average Bonchev–Trinajstić information content (AvgIpc) is 3.69. The molecule has 11 heteroatoms. The number of aliphatic hydroxyl groups excluding tert-OH is 1. The van der Waals surface area contributed by atoms with Crippen LogP contribution in [-0.4, -0.2) is 89.4 Å². The van der Waals surface area contributed by atoms with Crippen LogP contribution in [0.4, 0.5) is 4.39 Å². The van der Waals surface area contributed by atoms with E-state index in [4.69, 9.17) is 4.74 Å². The van der Waals surface area contributed by atoms with Gasteiger partial charge in [-0.1, -0.05) is 24.3 Å². The van der Waals surface area contributed by atoms with E-state index < -0.39 is 59.3 Å². The van der Waals surface area contributed by atoms with Crippen molar-refractivity contribution in [1.82, 2.24) is 20.9 Å². The lowest BCUT2D eigenvalue weighted by Gasteiger charge is -2.29. The number of benzene rings is 1. The molecule has 1 aromatic carbocycles. The lowest BCUT2D eigenvalue weighted by molar-refractivity contribution is -0.140. The van der Waals surface area contributed by atoms with E-state index in [2.05, 4.69) is 22.5 Å². The van der Waals surface area contributed by atoms with E-state index in [1.54, 1.807) is 24.3 Å². The fourth-order valence-electron chi connectivity index (χ4n) is 4.78. The van der Waals surface area contributed by atoms with Gasteiger partial charge in [-0.15, -0.1) is 6.58 Å². The van der Waals surface area contributed by atoms with Crippen molar-refractivity contribution in [3.63, 3.8) is 0 Å². The van der Waals surface area contributed by atoms with Gasteiger partial charge in [0, 0.05) is 32.5 Å². The minimum absolute atomic E-state index is 0.0853. The second-order valence-electron chi connectivity index (χ2n) is 11.0. The van der Waals surface area contributed by atoms with Gasteiger partial charge >= 0.3 is 0 Å². The number of aliphatic hydroxyl groups is 2. The van der Waals surface area contributed by atoms with Gasteiger partial charge in [-0.2, -0.15) is 0 Å². The van der Waals surface area contributed by atoms with Crippen molar-refractivity contribution >= 4 is 17.7 Å². The lowest BCUT2D eigenvalue weighted by atomic mass is 9.98. The quantitative estimate of drug-likeness (QED) is 0.328. The van der Waals surface area contributed by atoms with Crippen LogP contribution in [0, 0.1) is 11.7 Å². The Morgan fingerprint density at radius 1 is 1.21 bits per heavy atom. The molecule has 5 atom stereocenters. The molecule has 1 fully saturated rings. The number of carbonyl (C=O) groups is 3. The molecule has 0 spiro atoms. The Bertz CT molecular complexity index is 1170. The number of halogens is 1. The van der Waals surface area contributed by atoms with Gasteiger partial charge in [0.1, 0.15) is 29.8 Å². The number of rotatable bonds is 5. The number of amides is 3. The minimum Gasteiger partial charge on any atom is -0.490 e. The van der Waals surface area contributed by atoms with Crippen LogP contribution in [0.15, 0.2) is 60.9 Å². The Balaban J connectivity index is 1.88. The van der Waals surface area contributed by atoms with Crippen molar-refractivity contribution in [2.24, 2.45) is 5.92 Å². The summed E-state index contributed by atoms with van der Waals surface area (Å²) in [5.74, 6) is -1.94. The molecule has 5 N–H and O–H groups in total. The van der Waals surface area contributed by atoms with E-state index in [9.17, 15) is 29.0 Å². The molecule has 1 aliphatic heterocycles. The molecule has 1 saturated carbocycles. The molecule has 230 valence electrons. The molecular weight excluding hydrogens is 543 g/mol. The Labute approximate surface area is 246 Å². The first-order chi connectivity index (χ1) is 19.9. The summed E-state index contributed by atoms with van der Waals surface area (Å²) in [6, 6.07) is 3.62. The summed E-state index contributed by atoms with van der Waals surface area (Å²) in [4.78, 5) is 40.8. The summed E-state index contributed by atoms with van der Waals surface area (Å²) in [6.07, 6.45) is 6.77. The standard InChI is InChI=1S/C31H43FN4O6/c1-5-7-24-17-22(6-2)26(37)12-15-33-29(39)25(16-21-8-10-23(32)11-9-21)35-27(38)19-36(4)30(40)28(31(41)13-14-31)34-18-20(3)42-24/h5-11,17,20,22,25-26,28,34,37,41H,2,12-16,18-19H2,1,3-4H3,(H,33,39)(H,35,38)/b7-5-,24-17?/t20-,22?,25-,26?,28?/m1/s1. The van der Waals surface area contributed by atoms with Crippen LogP contribution >= 0.6 is 0 Å². The summed E-state index contributed by atoms with van der Waals surface area (Å²) in [6.45, 7) is 7.48. The van der Waals surface area contributed by atoms with E-state index in [0.29, 0.717) is 24.2 Å². The molecule has 1 aliphatic carbocycles. The molecule has 3 unspecified atom stereocenters. The third kappa shape index (κ3) is 9.50. The largest absolute Gasteiger partial charge is 0.490 e. The first-order valence-electron chi connectivity index (χ1n) is 14.3. The van der Waals surface area contributed by atoms with Crippen LogP contribution in [0.25, 0.3) is 0 Å². The summed E-state index contributed by atoms with van der Waals surface area (Å²) in [7, 11) is 1.46. The zero-order chi connectivity index (χ0) is 30.9. The summed E-state index contributed by atoms with van der Waals surface area (Å²) in [5.41, 5.74) is -0.604. The van der Waals surface area contributed by atoms with Gasteiger partial charge in [0.15, 0.2) is 0 Å². The number of likely N-dealkylation sites (N-methyl/N-ethyl adjacent to an activating group) is 1.